The highest BCUT2D eigenvalue weighted by Gasteiger charge is 2.33. The van der Waals surface area contributed by atoms with E-state index in [-0.39, 0.29) is 16.6 Å². The highest BCUT2D eigenvalue weighted by Crippen LogP contribution is 2.36. The first-order valence-corrected chi connectivity index (χ1v) is 7.82. The molecule has 0 saturated carbocycles. The predicted octanol–water partition coefficient (Wildman–Crippen LogP) is 3.52. The van der Waals surface area contributed by atoms with Crippen LogP contribution in [-0.2, 0) is 11.0 Å². The Bertz CT molecular complexity index is 692. The van der Waals surface area contributed by atoms with Gasteiger partial charge >= 0.3 is 6.18 Å². The molecule has 0 radical (unpaired) electrons. The lowest BCUT2D eigenvalue weighted by Gasteiger charge is -2.11. The Kier molecular flexibility index (Phi) is 5.14. The van der Waals surface area contributed by atoms with Gasteiger partial charge in [-0.3, -0.25) is 4.79 Å². The minimum Gasteiger partial charge on any atom is -0.374 e. The van der Waals surface area contributed by atoms with Crippen molar-refractivity contribution in [2.75, 3.05) is 16.8 Å². The van der Waals surface area contributed by atoms with E-state index in [9.17, 15) is 18.0 Å². The maximum absolute atomic E-state index is 12.7. The van der Waals surface area contributed by atoms with E-state index in [0.717, 1.165) is 35.2 Å². The standard InChI is InChI=1S/C11H8ClF3N4OS2/c12-7-2-1-5(3-6(7)11(13,14)15)17-8(20)4-21-10-19-18-9(16)22-10/h1-3H,4H2,(H2,16,18)(H,17,20). The lowest BCUT2D eigenvalue weighted by atomic mass is 10.2. The van der Waals surface area contributed by atoms with Crippen LogP contribution in [0.25, 0.3) is 0 Å². The van der Waals surface area contributed by atoms with Gasteiger partial charge < -0.3 is 11.1 Å². The molecule has 118 valence electrons. The van der Waals surface area contributed by atoms with Gasteiger partial charge in [-0.2, -0.15) is 13.2 Å². The summed E-state index contributed by atoms with van der Waals surface area (Å²) in [5, 5.41) is 9.51. The molecule has 5 nitrogen and oxygen atoms in total. The number of rotatable bonds is 4. The molecule has 0 aliphatic rings. The van der Waals surface area contributed by atoms with E-state index < -0.39 is 22.7 Å². The second-order valence-electron chi connectivity index (χ2n) is 3.94. The summed E-state index contributed by atoms with van der Waals surface area (Å²) >= 11 is 7.70. The topological polar surface area (TPSA) is 80.9 Å². The van der Waals surface area contributed by atoms with Crippen molar-refractivity contribution in [1.29, 1.82) is 0 Å². The van der Waals surface area contributed by atoms with Crippen molar-refractivity contribution in [3.8, 4) is 0 Å². The molecule has 2 rings (SSSR count). The number of hydrogen-bond donors (Lipinski definition) is 2. The molecule has 3 N–H and O–H groups in total. The summed E-state index contributed by atoms with van der Waals surface area (Å²) in [5.41, 5.74) is 4.40. The molecule has 0 fully saturated rings. The smallest absolute Gasteiger partial charge is 0.374 e. The SMILES string of the molecule is Nc1nnc(SCC(=O)Nc2ccc(Cl)c(C(F)(F)F)c2)s1. The molecule has 1 aromatic heterocycles. The number of aromatic nitrogens is 2. The number of carbonyl (C=O) groups is 1. The average Bonchev–Trinajstić information content (AvgIpc) is 2.83. The number of anilines is 2. The number of nitrogens with two attached hydrogens (primary N) is 1. The highest BCUT2D eigenvalue weighted by atomic mass is 35.5. The molecule has 22 heavy (non-hydrogen) atoms. The third-order valence-electron chi connectivity index (χ3n) is 2.30. The number of nitrogens with zero attached hydrogens (tertiary/aromatic N) is 2. The molecule has 0 unspecified atom stereocenters. The van der Waals surface area contributed by atoms with E-state index in [1.54, 1.807) is 0 Å². The number of carbonyl (C=O) groups excluding carboxylic acids is 1. The summed E-state index contributed by atoms with van der Waals surface area (Å²) in [5.74, 6) is -0.507. The lowest BCUT2D eigenvalue weighted by molar-refractivity contribution is -0.137. The molecule has 1 heterocycles. The van der Waals surface area contributed by atoms with Gasteiger partial charge in [-0.05, 0) is 18.2 Å². The first kappa shape index (κ1) is 16.8. The maximum Gasteiger partial charge on any atom is 0.417 e. The van der Waals surface area contributed by atoms with Gasteiger partial charge in [-0.15, -0.1) is 10.2 Å². The molecule has 0 bridgehead atoms. The zero-order valence-electron chi connectivity index (χ0n) is 10.6. The Morgan fingerprint density at radius 3 is 2.73 bits per heavy atom. The van der Waals surface area contributed by atoms with Crippen LogP contribution >= 0.6 is 34.7 Å². The predicted molar refractivity (Wildman–Crippen MR) is 80.1 cm³/mol. The summed E-state index contributed by atoms with van der Waals surface area (Å²) in [4.78, 5) is 11.7. The van der Waals surface area contributed by atoms with E-state index in [4.69, 9.17) is 17.3 Å². The van der Waals surface area contributed by atoms with E-state index in [1.165, 1.54) is 6.07 Å². The molecule has 0 aliphatic heterocycles. The van der Waals surface area contributed by atoms with Crippen LogP contribution < -0.4 is 11.1 Å². The summed E-state index contributed by atoms with van der Waals surface area (Å²) in [6.07, 6.45) is -4.59. The van der Waals surface area contributed by atoms with Crippen molar-refractivity contribution >= 4 is 51.4 Å². The molecule has 0 atom stereocenters. The Morgan fingerprint density at radius 1 is 1.41 bits per heavy atom. The van der Waals surface area contributed by atoms with Crippen LogP contribution in [-0.4, -0.2) is 21.9 Å². The normalized spacial score (nSPS) is 11.5. The van der Waals surface area contributed by atoms with E-state index in [0.29, 0.717) is 4.34 Å². The van der Waals surface area contributed by atoms with Gasteiger partial charge in [0.1, 0.15) is 0 Å². The number of benzene rings is 1. The number of halogens is 4. The van der Waals surface area contributed by atoms with Crippen molar-refractivity contribution in [2.45, 2.75) is 10.5 Å². The number of nitrogens with one attached hydrogen (secondary N) is 1. The molecular formula is C11H8ClF3N4OS2. The first-order chi connectivity index (χ1) is 10.3. The fourth-order valence-corrected chi connectivity index (χ4v) is 3.08. The molecule has 0 saturated heterocycles. The molecule has 1 aromatic carbocycles. The van der Waals surface area contributed by atoms with Gasteiger partial charge in [0.15, 0.2) is 4.34 Å². The number of amides is 1. The average molecular weight is 369 g/mol. The van der Waals surface area contributed by atoms with Gasteiger partial charge in [0, 0.05) is 5.69 Å². The minimum atomic E-state index is -4.59. The van der Waals surface area contributed by atoms with E-state index in [1.807, 2.05) is 0 Å². The van der Waals surface area contributed by atoms with Gasteiger partial charge in [0.25, 0.3) is 0 Å². The van der Waals surface area contributed by atoms with Crippen LogP contribution in [0.2, 0.25) is 5.02 Å². The number of alkyl halides is 3. The van der Waals surface area contributed by atoms with Gasteiger partial charge in [-0.25, -0.2) is 0 Å². The van der Waals surface area contributed by atoms with Gasteiger partial charge in [0.2, 0.25) is 11.0 Å². The Morgan fingerprint density at radius 2 is 2.14 bits per heavy atom. The second-order valence-corrected chi connectivity index (χ2v) is 6.57. The monoisotopic (exact) mass is 368 g/mol. The Balaban J connectivity index is 1.99. The first-order valence-electron chi connectivity index (χ1n) is 5.64. The number of nitrogen functional groups attached to an aromatic ring is 1. The van der Waals surface area contributed by atoms with Crippen molar-refractivity contribution in [2.24, 2.45) is 0 Å². The molecule has 2 aromatic rings. The van der Waals surface area contributed by atoms with Crippen LogP contribution in [0.1, 0.15) is 5.56 Å². The van der Waals surface area contributed by atoms with Crippen molar-refractivity contribution in [1.82, 2.24) is 10.2 Å². The molecule has 1 amide bonds. The highest BCUT2D eigenvalue weighted by molar-refractivity contribution is 8.01. The van der Waals surface area contributed by atoms with Crippen LogP contribution in [0.15, 0.2) is 22.5 Å². The van der Waals surface area contributed by atoms with Crippen LogP contribution in [0, 0.1) is 0 Å². The minimum absolute atomic E-state index is 0.0131. The lowest BCUT2D eigenvalue weighted by Crippen LogP contribution is -2.15. The summed E-state index contributed by atoms with van der Waals surface area (Å²) in [7, 11) is 0. The molecular weight excluding hydrogens is 361 g/mol. The summed E-state index contributed by atoms with van der Waals surface area (Å²) in [6.45, 7) is 0. The van der Waals surface area contributed by atoms with Crippen LogP contribution in [0.5, 0.6) is 0 Å². The third-order valence-corrected chi connectivity index (χ3v) is 4.52. The van der Waals surface area contributed by atoms with Crippen molar-refractivity contribution in [3.63, 3.8) is 0 Å². The fraction of sp³-hybridized carbons (Fsp3) is 0.182. The van der Waals surface area contributed by atoms with Gasteiger partial charge in [-0.1, -0.05) is 34.7 Å². The molecule has 11 heteroatoms. The van der Waals surface area contributed by atoms with Crippen molar-refractivity contribution in [3.05, 3.63) is 28.8 Å². The van der Waals surface area contributed by atoms with Gasteiger partial charge in [0.05, 0.1) is 16.3 Å². The second kappa shape index (κ2) is 6.71. The zero-order valence-corrected chi connectivity index (χ0v) is 13.0. The third kappa shape index (κ3) is 4.49. The summed E-state index contributed by atoms with van der Waals surface area (Å²) in [6, 6.07) is 3.16. The maximum atomic E-state index is 12.7. The van der Waals surface area contributed by atoms with E-state index >= 15 is 0 Å². The van der Waals surface area contributed by atoms with Crippen molar-refractivity contribution < 1.29 is 18.0 Å². The fourth-order valence-electron chi connectivity index (χ4n) is 1.42. The largest absolute Gasteiger partial charge is 0.417 e. The van der Waals surface area contributed by atoms with Crippen LogP contribution in [0.4, 0.5) is 24.0 Å². The quantitative estimate of drug-likeness (QED) is 0.807. The zero-order chi connectivity index (χ0) is 16.3. The van der Waals surface area contributed by atoms with Crippen LogP contribution in [0.3, 0.4) is 0 Å². The molecule has 0 spiro atoms. The Labute approximate surface area is 136 Å². The Hall–Kier alpha value is -1.52. The number of hydrogen-bond acceptors (Lipinski definition) is 6. The summed E-state index contributed by atoms with van der Waals surface area (Å²) < 4.78 is 38.6. The molecule has 0 aliphatic carbocycles. The van der Waals surface area contributed by atoms with E-state index in [2.05, 4.69) is 15.5 Å². The number of thioether (sulfide) groups is 1.